The number of hydrogen-bond donors (Lipinski definition) is 2. The molecule has 1 saturated carbocycles. The van der Waals surface area contributed by atoms with Crippen molar-refractivity contribution in [2.75, 3.05) is 0 Å². The fourth-order valence-electron chi connectivity index (χ4n) is 5.23. The number of carbonyl (C=O) groups excluding carboxylic acids is 1. The lowest BCUT2D eigenvalue weighted by atomic mass is 9.46. The molecule has 2 aliphatic rings. The van der Waals surface area contributed by atoms with Crippen LogP contribution in [0.25, 0.3) is 0 Å². The van der Waals surface area contributed by atoms with E-state index in [0.29, 0.717) is 12.3 Å². The molecule has 0 unspecified atom stereocenters. The minimum Gasteiger partial charge on any atom is -0.481 e. The zero-order chi connectivity index (χ0) is 18.1. The molecule has 4 nitrogen and oxygen atoms in total. The highest BCUT2D eigenvalue weighted by Crippen LogP contribution is 2.61. The summed E-state index contributed by atoms with van der Waals surface area (Å²) in [6.45, 7) is 8.73. The molecule has 2 N–H and O–H groups in total. The Balaban J connectivity index is 2.25. The summed E-state index contributed by atoms with van der Waals surface area (Å²) in [6, 6.07) is 0. The molecule has 136 valence electrons. The van der Waals surface area contributed by atoms with Crippen LogP contribution in [0.15, 0.2) is 11.6 Å². The Hall–Kier alpha value is -1.16. The molecule has 0 aromatic carbocycles. The van der Waals surface area contributed by atoms with Gasteiger partial charge in [-0.15, -0.1) is 0 Å². The van der Waals surface area contributed by atoms with Gasteiger partial charge in [0.15, 0.2) is 0 Å². The molecule has 0 spiro atoms. The van der Waals surface area contributed by atoms with E-state index in [-0.39, 0.29) is 29.1 Å². The van der Waals surface area contributed by atoms with E-state index in [4.69, 9.17) is 5.11 Å². The zero-order valence-electron chi connectivity index (χ0n) is 15.4. The maximum Gasteiger partial charge on any atom is 0.303 e. The molecule has 2 aliphatic carbocycles. The average Bonchev–Trinajstić information content (AvgIpc) is 2.50. The van der Waals surface area contributed by atoms with Crippen LogP contribution in [-0.2, 0) is 9.59 Å². The summed E-state index contributed by atoms with van der Waals surface area (Å²) in [5, 5.41) is 19.3. The maximum absolute atomic E-state index is 11.6. The van der Waals surface area contributed by atoms with Gasteiger partial charge in [0.2, 0.25) is 0 Å². The average molecular weight is 336 g/mol. The summed E-state index contributed by atoms with van der Waals surface area (Å²) < 4.78 is 0. The van der Waals surface area contributed by atoms with Crippen molar-refractivity contribution >= 4 is 12.3 Å². The molecule has 0 radical (unpaired) electrons. The number of aliphatic hydroxyl groups excluding tert-OH is 1. The Morgan fingerprint density at radius 1 is 1.46 bits per heavy atom. The summed E-state index contributed by atoms with van der Waals surface area (Å²) in [5.74, 6) is 0.166. The van der Waals surface area contributed by atoms with E-state index in [1.54, 1.807) is 6.08 Å². The van der Waals surface area contributed by atoms with E-state index in [1.165, 1.54) is 0 Å². The maximum atomic E-state index is 11.6. The Morgan fingerprint density at radius 3 is 2.71 bits per heavy atom. The third-order valence-electron chi connectivity index (χ3n) is 7.12. The van der Waals surface area contributed by atoms with E-state index in [9.17, 15) is 14.7 Å². The fraction of sp³-hybridized carbons (Fsp3) is 0.800. The van der Waals surface area contributed by atoms with E-state index >= 15 is 0 Å². The van der Waals surface area contributed by atoms with Gasteiger partial charge < -0.3 is 10.2 Å². The minimum absolute atomic E-state index is 0.0171. The number of fused-ring (bicyclic) bond motifs is 1. The monoisotopic (exact) mass is 336 g/mol. The topological polar surface area (TPSA) is 74.6 Å². The van der Waals surface area contributed by atoms with Crippen molar-refractivity contribution in [1.29, 1.82) is 0 Å². The predicted octanol–water partition coefficient (Wildman–Crippen LogP) is 3.83. The molecule has 0 aliphatic heterocycles. The molecule has 6 atom stereocenters. The van der Waals surface area contributed by atoms with Crippen molar-refractivity contribution in [2.24, 2.45) is 28.6 Å². The van der Waals surface area contributed by atoms with Crippen LogP contribution in [-0.4, -0.2) is 28.6 Å². The van der Waals surface area contributed by atoms with E-state index < -0.39 is 12.1 Å². The lowest BCUT2D eigenvalue weighted by Crippen LogP contribution is -2.52. The van der Waals surface area contributed by atoms with Crippen LogP contribution in [0.5, 0.6) is 0 Å². The highest BCUT2D eigenvalue weighted by Gasteiger charge is 2.55. The van der Waals surface area contributed by atoms with Crippen molar-refractivity contribution in [3.8, 4) is 0 Å². The Labute approximate surface area is 145 Å². The van der Waals surface area contributed by atoms with Gasteiger partial charge in [0, 0.05) is 6.42 Å². The summed E-state index contributed by atoms with van der Waals surface area (Å²) in [6.07, 6.45) is 6.89. The quantitative estimate of drug-likeness (QED) is 0.723. The summed E-state index contributed by atoms with van der Waals surface area (Å²) in [4.78, 5) is 22.5. The Morgan fingerprint density at radius 2 is 2.12 bits per heavy atom. The molecule has 2 rings (SSSR count). The third-order valence-corrected chi connectivity index (χ3v) is 7.12. The van der Waals surface area contributed by atoms with E-state index in [1.807, 2.05) is 6.92 Å². The van der Waals surface area contributed by atoms with Gasteiger partial charge in [0.05, 0.1) is 6.10 Å². The van der Waals surface area contributed by atoms with Gasteiger partial charge in [-0.2, -0.15) is 0 Å². The van der Waals surface area contributed by atoms with Crippen LogP contribution in [0, 0.1) is 28.6 Å². The summed E-state index contributed by atoms with van der Waals surface area (Å²) in [5.41, 5.74) is 0.601. The zero-order valence-corrected chi connectivity index (χ0v) is 15.4. The molecule has 0 saturated heterocycles. The molecular weight excluding hydrogens is 304 g/mol. The minimum atomic E-state index is -0.742. The van der Waals surface area contributed by atoms with Crippen molar-refractivity contribution in [3.63, 3.8) is 0 Å². The molecule has 0 aromatic rings. The number of carboxylic acid groups (broad SMARTS) is 1. The lowest BCUT2D eigenvalue weighted by Gasteiger charge is -2.58. The number of carboxylic acids is 1. The van der Waals surface area contributed by atoms with E-state index in [2.05, 4.69) is 20.8 Å². The molecule has 4 heteroatoms. The van der Waals surface area contributed by atoms with Crippen LogP contribution in [0.3, 0.4) is 0 Å². The molecule has 0 bridgehead atoms. The van der Waals surface area contributed by atoms with Crippen molar-refractivity contribution < 1.29 is 19.8 Å². The summed E-state index contributed by atoms with van der Waals surface area (Å²) >= 11 is 0. The number of rotatable bonds is 6. The summed E-state index contributed by atoms with van der Waals surface area (Å²) in [7, 11) is 0. The van der Waals surface area contributed by atoms with Crippen LogP contribution in [0.1, 0.15) is 66.2 Å². The predicted molar refractivity (Wildman–Crippen MR) is 93.5 cm³/mol. The molecule has 0 amide bonds. The van der Waals surface area contributed by atoms with Crippen molar-refractivity contribution in [3.05, 3.63) is 11.6 Å². The second-order valence-corrected chi connectivity index (χ2v) is 8.70. The highest BCUT2D eigenvalue weighted by atomic mass is 16.4. The van der Waals surface area contributed by atoms with Crippen LogP contribution in [0.2, 0.25) is 0 Å². The van der Waals surface area contributed by atoms with Crippen molar-refractivity contribution in [2.45, 2.75) is 72.3 Å². The molecule has 24 heavy (non-hydrogen) atoms. The number of hydrogen-bond acceptors (Lipinski definition) is 3. The normalized spacial score (nSPS) is 40.4. The number of aldehydes is 1. The first-order chi connectivity index (χ1) is 11.1. The first kappa shape index (κ1) is 19.2. The standard InChI is InChI=1S/C20H32O4/c1-13(9-18(23)24)5-7-19(3)14(2)6-8-20(4)15(12-21)10-16(22)11-17(19)20/h10,12-14,16-17,22H,5-9,11H2,1-4H3,(H,23,24)/t13-,14-,16-,17-,19+,20+/m1/s1. The Kier molecular flexibility index (Phi) is 5.58. The lowest BCUT2D eigenvalue weighted by molar-refractivity contribution is -0.138. The first-order valence-corrected chi connectivity index (χ1v) is 9.20. The van der Waals surface area contributed by atoms with Gasteiger partial charge in [-0.05, 0) is 72.3 Å². The third kappa shape index (κ3) is 3.44. The first-order valence-electron chi connectivity index (χ1n) is 9.20. The van der Waals surface area contributed by atoms with Crippen LogP contribution < -0.4 is 0 Å². The van der Waals surface area contributed by atoms with E-state index in [0.717, 1.165) is 37.5 Å². The van der Waals surface area contributed by atoms with Gasteiger partial charge in [-0.25, -0.2) is 0 Å². The highest BCUT2D eigenvalue weighted by molar-refractivity contribution is 5.76. The molecular formula is C20H32O4. The Bertz CT molecular complexity index is 526. The fourth-order valence-corrected chi connectivity index (χ4v) is 5.23. The van der Waals surface area contributed by atoms with Gasteiger partial charge in [0.1, 0.15) is 6.29 Å². The number of allylic oxidation sites excluding steroid dienone is 1. The van der Waals surface area contributed by atoms with Crippen molar-refractivity contribution in [1.82, 2.24) is 0 Å². The second-order valence-electron chi connectivity index (χ2n) is 8.70. The molecule has 0 aromatic heterocycles. The number of aliphatic carboxylic acids is 1. The SMILES string of the molecule is C[C@H](CC[C@@]1(C)[C@H](C)CC[C@@]2(C)C(C=O)=C[C@@H](O)C[C@H]12)CC(=O)O. The van der Waals surface area contributed by atoms with Gasteiger partial charge >= 0.3 is 5.97 Å². The largest absolute Gasteiger partial charge is 0.481 e. The van der Waals surface area contributed by atoms with Gasteiger partial charge in [0.25, 0.3) is 0 Å². The van der Waals surface area contributed by atoms with Gasteiger partial charge in [-0.1, -0.05) is 27.7 Å². The smallest absolute Gasteiger partial charge is 0.303 e. The van der Waals surface area contributed by atoms with Crippen LogP contribution in [0.4, 0.5) is 0 Å². The molecule has 1 fully saturated rings. The van der Waals surface area contributed by atoms with Gasteiger partial charge in [-0.3, -0.25) is 9.59 Å². The van der Waals surface area contributed by atoms with Crippen LogP contribution >= 0.6 is 0 Å². The second kappa shape index (κ2) is 6.99. The molecule has 0 heterocycles. The number of aliphatic hydroxyl groups is 1. The number of carbonyl (C=O) groups is 2.